The van der Waals surface area contributed by atoms with E-state index in [1.54, 1.807) is 0 Å². The Labute approximate surface area is 94.8 Å². The van der Waals surface area contributed by atoms with Gasteiger partial charge in [0, 0.05) is 22.6 Å². The summed E-state index contributed by atoms with van der Waals surface area (Å²) < 4.78 is 0.544. The molecule has 1 rings (SSSR count). The summed E-state index contributed by atoms with van der Waals surface area (Å²) in [6.07, 6.45) is 0. The first-order chi connectivity index (χ1) is 6.99. The zero-order valence-electron chi connectivity index (χ0n) is 7.77. The molecule has 1 aromatic rings. The molecule has 0 radical (unpaired) electrons. The molecule has 15 heavy (non-hydrogen) atoms. The zero-order chi connectivity index (χ0) is 11.6. The van der Waals surface area contributed by atoms with Crippen LogP contribution in [0.5, 0.6) is 5.75 Å². The first kappa shape index (κ1) is 12.0. The minimum Gasteiger partial charge on any atom is -0.507 e. The normalized spacial score (nSPS) is 12.5. The molecule has 0 unspecified atom stereocenters. The Morgan fingerprint density at radius 2 is 2.13 bits per heavy atom. The summed E-state index contributed by atoms with van der Waals surface area (Å²) in [4.78, 5) is 10.7. The Hall–Kier alpha value is -1.11. The van der Waals surface area contributed by atoms with Crippen molar-refractivity contribution in [2.75, 3.05) is 6.54 Å². The average Bonchev–Trinajstić information content (AvgIpc) is 2.16. The van der Waals surface area contributed by atoms with Gasteiger partial charge in [0.2, 0.25) is 0 Å². The third kappa shape index (κ3) is 2.28. The summed E-state index contributed by atoms with van der Waals surface area (Å²) in [6, 6.07) is 2.22. The Morgan fingerprint density at radius 1 is 1.53 bits per heavy atom. The number of halogens is 1. The summed E-state index contributed by atoms with van der Waals surface area (Å²) in [5.41, 5.74) is 11.2. The maximum atomic E-state index is 10.7. The van der Waals surface area contributed by atoms with E-state index in [0.717, 1.165) is 0 Å². The summed E-state index contributed by atoms with van der Waals surface area (Å²) in [7, 11) is 0. The number of aromatic hydroxyl groups is 1. The van der Waals surface area contributed by atoms with Crippen molar-refractivity contribution in [1.29, 1.82) is 0 Å². The highest BCUT2D eigenvalue weighted by Gasteiger charge is 2.19. The molecular weight excluding hydrogens is 264 g/mol. The molecule has 0 heterocycles. The molecule has 0 fully saturated rings. The van der Waals surface area contributed by atoms with E-state index < -0.39 is 12.0 Å². The number of rotatable bonds is 3. The van der Waals surface area contributed by atoms with E-state index in [9.17, 15) is 9.90 Å². The molecule has 6 heteroatoms. The van der Waals surface area contributed by atoms with Crippen LogP contribution in [0, 0.1) is 0 Å². The van der Waals surface area contributed by atoms with Crippen LogP contribution in [-0.4, -0.2) is 22.7 Å². The van der Waals surface area contributed by atoms with E-state index in [1.165, 1.54) is 12.1 Å². The number of carbonyl (C=O) groups is 1. The number of hydrogen-bond donors (Lipinski definition) is 4. The lowest BCUT2D eigenvalue weighted by molar-refractivity contribution is 0.0693. The fourth-order valence-electron chi connectivity index (χ4n) is 1.23. The van der Waals surface area contributed by atoms with Crippen LogP contribution >= 0.6 is 15.9 Å². The number of benzene rings is 1. The Balaban J connectivity index is 3.36. The summed E-state index contributed by atoms with van der Waals surface area (Å²) in [6.45, 7) is 0.120. The highest BCUT2D eigenvalue weighted by Crippen LogP contribution is 2.33. The first-order valence-corrected chi connectivity index (χ1v) is 4.98. The van der Waals surface area contributed by atoms with E-state index in [-0.39, 0.29) is 17.9 Å². The van der Waals surface area contributed by atoms with Gasteiger partial charge in [0.15, 0.2) is 0 Å². The summed E-state index contributed by atoms with van der Waals surface area (Å²) >= 11 is 3.18. The quantitative estimate of drug-likeness (QED) is 0.652. The van der Waals surface area contributed by atoms with Crippen molar-refractivity contribution >= 4 is 21.9 Å². The molecule has 0 saturated carbocycles. The smallest absolute Gasteiger partial charge is 0.339 e. The molecule has 5 nitrogen and oxygen atoms in total. The number of hydrogen-bond acceptors (Lipinski definition) is 4. The van der Waals surface area contributed by atoms with Crippen LogP contribution in [0.2, 0.25) is 0 Å². The highest BCUT2D eigenvalue weighted by atomic mass is 79.9. The molecule has 0 aliphatic carbocycles. The van der Waals surface area contributed by atoms with Crippen molar-refractivity contribution in [3.05, 3.63) is 27.7 Å². The van der Waals surface area contributed by atoms with E-state index in [0.29, 0.717) is 10.0 Å². The van der Waals surface area contributed by atoms with Gasteiger partial charge < -0.3 is 21.7 Å². The van der Waals surface area contributed by atoms with Crippen LogP contribution in [0.1, 0.15) is 22.0 Å². The van der Waals surface area contributed by atoms with Gasteiger partial charge in [-0.1, -0.05) is 15.9 Å². The minimum absolute atomic E-state index is 0.120. The van der Waals surface area contributed by atoms with Crippen molar-refractivity contribution in [1.82, 2.24) is 0 Å². The molecular formula is C9H11BrN2O3. The lowest BCUT2D eigenvalue weighted by atomic mass is 10.0. The number of carboxylic acid groups (broad SMARTS) is 1. The molecule has 0 aromatic heterocycles. The van der Waals surface area contributed by atoms with Gasteiger partial charge in [0.05, 0.1) is 0 Å². The fraction of sp³-hybridized carbons (Fsp3) is 0.222. The lowest BCUT2D eigenvalue weighted by Crippen LogP contribution is -2.21. The Morgan fingerprint density at radius 3 is 2.60 bits per heavy atom. The van der Waals surface area contributed by atoms with E-state index in [4.69, 9.17) is 16.6 Å². The van der Waals surface area contributed by atoms with Crippen molar-refractivity contribution in [2.45, 2.75) is 6.04 Å². The van der Waals surface area contributed by atoms with Gasteiger partial charge in [0.1, 0.15) is 11.3 Å². The predicted molar refractivity (Wildman–Crippen MR) is 58.7 cm³/mol. The van der Waals surface area contributed by atoms with Gasteiger partial charge in [-0.05, 0) is 12.1 Å². The first-order valence-electron chi connectivity index (χ1n) is 4.19. The lowest BCUT2D eigenvalue weighted by Gasteiger charge is -2.14. The summed E-state index contributed by atoms with van der Waals surface area (Å²) in [5.74, 6) is -1.54. The van der Waals surface area contributed by atoms with Crippen LogP contribution in [0.25, 0.3) is 0 Å². The third-order valence-corrected chi connectivity index (χ3v) is 2.71. The van der Waals surface area contributed by atoms with Crippen LogP contribution in [-0.2, 0) is 0 Å². The second-order valence-electron chi connectivity index (χ2n) is 3.00. The largest absolute Gasteiger partial charge is 0.507 e. The number of nitrogens with two attached hydrogens (primary N) is 2. The second kappa shape index (κ2) is 4.61. The molecule has 0 bridgehead atoms. The molecule has 0 spiro atoms. The Bertz CT molecular complexity index is 395. The maximum absolute atomic E-state index is 10.7. The van der Waals surface area contributed by atoms with Crippen LogP contribution in [0.3, 0.4) is 0 Å². The van der Waals surface area contributed by atoms with Gasteiger partial charge in [-0.3, -0.25) is 0 Å². The van der Waals surface area contributed by atoms with Crippen molar-refractivity contribution < 1.29 is 15.0 Å². The SMILES string of the molecule is NC[C@H](N)c1c(Br)ccc(C(=O)O)c1O. The topological polar surface area (TPSA) is 110 Å². The average molecular weight is 275 g/mol. The highest BCUT2D eigenvalue weighted by molar-refractivity contribution is 9.10. The number of phenols is 1. The van der Waals surface area contributed by atoms with Crippen LogP contribution < -0.4 is 11.5 Å². The van der Waals surface area contributed by atoms with Gasteiger partial charge in [-0.15, -0.1) is 0 Å². The van der Waals surface area contributed by atoms with E-state index >= 15 is 0 Å². The standard InChI is InChI=1S/C9H11BrN2O3/c10-5-2-1-4(9(14)15)8(13)7(5)6(12)3-11/h1-2,6,13H,3,11-12H2,(H,14,15)/t6-/m0/s1. The van der Waals surface area contributed by atoms with E-state index in [1.807, 2.05) is 0 Å². The minimum atomic E-state index is -1.20. The molecule has 1 aromatic carbocycles. The van der Waals surface area contributed by atoms with Crippen molar-refractivity contribution in [2.24, 2.45) is 11.5 Å². The third-order valence-electron chi connectivity index (χ3n) is 2.02. The van der Waals surface area contributed by atoms with Gasteiger partial charge in [-0.25, -0.2) is 4.79 Å². The van der Waals surface area contributed by atoms with E-state index in [2.05, 4.69) is 15.9 Å². The Kier molecular flexibility index (Phi) is 3.67. The van der Waals surface area contributed by atoms with Gasteiger partial charge in [-0.2, -0.15) is 0 Å². The molecule has 0 amide bonds. The molecule has 1 atom stereocenters. The fourth-order valence-corrected chi connectivity index (χ4v) is 1.84. The van der Waals surface area contributed by atoms with Crippen LogP contribution in [0.4, 0.5) is 0 Å². The monoisotopic (exact) mass is 274 g/mol. The number of aromatic carboxylic acids is 1. The molecule has 0 saturated heterocycles. The van der Waals surface area contributed by atoms with Crippen molar-refractivity contribution in [3.8, 4) is 5.75 Å². The van der Waals surface area contributed by atoms with Crippen molar-refractivity contribution in [3.63, 3.8) is 0 Å². The zero-order valence-corrected chi connectivity index (χ0v) is 9.36. The second-order valence-corrected chi connectivity index (χ2v) is 3.86. The van der Waals surface area contributed by atoms with Gasteiger partial charge >= 0.3 is 5.97 Å². The summed E-state index contributed by atoms with van der Waals surface area (Å²) in [5, 5.41) is 18.5. The molecule has 82 valence electrons. The maximum Gasteiger partial charge on any atom is 0.339 e. The number of carboxylic acids is 1. The van der Waals surface area contributed by atoms with Gasteiger partial charge in [0.25, 0.3) is 0 Å². The van der Waals surface area contributed by atoms with Crippen LogP contribution in [0.15, 0.2) is 16.6 Å². The predicted octanol–water partition coefficient (Wildman–Crippen LogP) is 0.811. The molecule has 0 aliphatic heterocycles. The molecule has 6 N–H and O–H groups in total. The molecule has 0 aliphatic rings.